The van der Waals surface area contributed by atoms with Crippen LogP contribution in [-0.4, -0.2) is 47.9 Å². The van der Waals surface area contributed by atoms with E-state index in [0.29, 0.717) is 18.1 Å². The van der Waals surface area contributed by atoms with Crippen LogP contribution in [0.4, 0.5) is 5.82 Å². The maximum atomic E-state index is 6.22. The third-order valence-electron chi connectivity index (χ3n) is 6.59. The number of fused-ring (bicyclic) bond motifs is 3. The number of nitrogens with two attached hydrogens (primary N) is 1. The highest BCUT2D eigenvalue weighted by atomic mass is 15.3. The molecule has 152 valence electrons. The molecule has 2 unspecified atom stereocenters. The van der Waals surface area contributed by atoms with E-state index in [2.05, 4.69) is 49.6 Å². The largest absolute Gasteiger partial charge is 0.349 e. The predicted octanol–water partition coefficient (Wildman–Crippen LogP) is 2.67. The van der Waals surface area contributed by atoms with Crippen molar-refractivity contribution in [1.82, 2.24) is 29.8 Å². The molecule has 2 N–H and O–H groups in total. The van der Waals surface area contributed by atoms with Crippen LogP contribution in [0.15, 0.2) is 48.9 Å². The third kappa shape index (κ3) is 2.64. The fourth-order valence-electron chi connectivity index (χ4n) is 5.29. The zero-order valence-electron chi connectivity index (χ0n) is 16.9. The number of nitrogens with zero attached hydrogens (tertiary/aromatic N) is 7. The van der Waals surface area contributed by atoms with Gasteiger partial charge in [0.25, 0.3) is 0 Å². The Morgan fingerprint density at radius 1 is 1.00 bits per heavy atom. The van der Waals surface area contributed by atoms with Crippen molar-refractivity contribution in [3.05, 3.63) is 48.9 Å². The second-order valence-electron chi connectivity index (χ2n) is 8.41. The van der Waals surface area contributed by atoms with Crippen LogP contribution in [0.25, 0.3) is 27.8 Å². The van der Waals surface area contributed by atoms with E-state index < -0.39 is 0 Å². The zero-order valence-corrected chi connectivity index (χ0v) is 16.9. The van der Waals surface area contributed by atoms with Gasteiger partial charge in [0.1, 0.15) is 0 Å². The minimum atomic E-state index is 0.317. The van der Waals surface area contributed by atoms with Crippen molar-refractivity contribution in [1.29, 1.82) is 0 Å². The van der Waals surface area contributed by atoms with E-state index in [0.717, 1.165) is 46.5 Å². The van der Waals surface area contributed by atoms with Crippen molar-refractivity contribution in [3.63, 3.8) is 0 Å². The van der Waals surface area contributed by atoms with Crippen LogP contribution in [0.5, 0.6) is 0 Å². The summed E-state index contributed by atoms with van der Waals surface area (Å²) in [5, 5.41) is 19.1. The van der Waals surface area contributed by atoms with E-state index in [1.165, 1.54) is 12.8 Å². The van der Waals surface area contributed by atoms with Gasteiger partial charge in [-0.15, -0.1) is 10.2 Å². The average molecular weight is 400 g/mol. The van der Waals surface area contributed by atoms with Crippen LogP contribution in [0.3, 0.4) is 0 Å². The lowest BCUT2D eigenvalue weighted by Gasteiger charge is -2.38. The van der Waals surface area contributed by atoms with Gasteiger partial charge in [-0.3, -0.25) is 4.68 Å². The molecule has 0 amide bonds. The molecule has 0 aliphatic carbocycles. The Hall–Kier alpha value is -3.26. The molecule has 2 atom stereocenters. The normalized spacial score (nSPS) is 23.4. The van der Waals surface area contributed by atoms with E-state index in [1.54, 1.807) is 6.20 Å². The summed E-state index contributed by atoms with van der Waals surface area (Å²) in [4.78, 5) is 2.45. The van der Waals surface area contributed by atoms with E-state index in [1.807, 2.05) is 34.9 Å². The quantitative estimate of drug-likeness (QED) is 0.569. The first-order valence-electron chi connectivity index (χ1n) is 10.5. The van der Waals surface area contributed by atoms with Gasteiger partial charge in [-0.2, -0.15) is 10.2 Å². The molecule has 0 saturated carbocycles. The Labute approximate surface area is 174 Å². The topological polar surface area (TPSA) is 90.7 Å². The Kier molecular flexibility index (Phi) is 3.89. The van der Waals surface area contributed by atoms with Crippen LogP contribution in [0, 0.1) is 0 Å². The molecule has 8 heteroatoms. The van der Waals surface area contributed by atoms with Crippen molar-refractivity contribution >= 4 is 16.7 Å². The van der Waals surface area contributed by atoms with Gasteiger partial charge in [0.2, 0.25) is 0 Å². The molecule has 3 aromatic heterocycles. The van der Waals surface area contributed by atoms with Gasteiger partial charge in [0.15, 0.2) is 5.82 Å². The number of anilines is 1. The monoisotopic (exact) mass is 400 g/mol. The molecule has 2 bridgehead atoms. The maximum absolute atomic E-state index is 6.22. The highest BCUT2D eigenvalue weighted by Crippen LogP contribution is 2.38. The predicted molar refractivity (Wildman–Crippen MR) is 115 cm³/mol. The molecular formula is C22H24N8. The standard InChI is InChI=1S/C22H24N8/c1-28-22-17(5-7-20(18(22)13-25-28)29-10-2-9-24-29)19-6-8-21(27-26-19)30-15-3-4-16(30)12-14(23)11-15/h2,5-10,13-16H,3-4,11-12,23H2,1H3. The van der Waals surface area contributed by atoms with Gasteiger partial charge in [-0.25, -0.2) is 4.68 Å². The molecule has 1 aromatic carbocycles. The maximum Gasteiger partial charge on any atom is 0.151 e. The molecule has 6 rings (SSSR count). The summed E-state index contributed by atoms with van der Waals surface area (Å²) in [6.07, 6.45) is 10.1. The highest BCUT2D eigenvalue weighted by molar-refractivity contribution is 5.98. The van der Waals surface area contributed by atoms with Crippen molar-refractivity contribution in [2.75, 3.05) is 4.90 Å². The molecule has 0 radical (unpaired) electrons. The fraction of sp³-hybridized carbons (Fsp3) is 0.364. The zero-order chi connectivity index (χ0) is 20.2. The smallest absolute Gasteiger partial charge is 0.151 e. The van der Waals surface area contributed by atoms with Gasteiger partial charge in [-0.1, -0.05) is 0 Å². The van der Waals surface area contributed by atoms with Crippen LogP contribution in [-0.2, 0) is 7.05 Å². The first-order valence-corrected chi connectivity index (χ1v) is 10.5. The van der Waals surface area contributed by atoms with E-state index in [9.17, 15) is 0 Å². The molecular weight excluding hydrogens is 376 g/mol. The van der Waals surface area contributed by atoms with Gasteiger partial charge in [0, 0.05) is 48.5 Å². The summed E-state index contributed by atoms with van der Waals surface area (Å²) in [6.45, 7) is 0. The SMILES string of the molecule is Cn1ncc2c(-n3cccn3)ccc(-c3ccc(N4C5CCC4CC(N)C5)nn3)c21. The van der Waals surface area contributed by atoms with E-state index in [4.69, 9.17) is 5.73 Å². The minimum absolute atomic E-state index is 0.317. The second kappa shape index (κ2) is 6.63. The number of aromatic nitrogens is 6. The van der Waals surface area contributed by atoms with Gasteiger partial charge in [0.05, 0.1) is 23.1 Å². The highest BCUT2D eigenvalue weighted by Gasteiger charge is 2.40. The lowest BCUT2D eigenvalue weighted by Crippen LogP contribution is -2.47. The van der Waals surface area contributed by atoms with Crippen LogP contribution < -0.4 is 10.6 Å². The molecule has 2 saturated heterocycles. The van der Waals surface area contributed by atoms with Gasteiger partial charge >= 0.3 is 0 Å². The molecule has 8 nitrogen and oxygen atoms in total. The lowest BCUT2D eigenvalue weighted by molar-refractivity contribution is 0.411. The third-order valence-corrected chi connectivity index (χ3v) is 6.59. The summed E-state index contributed by atoms with van der Waals surface area (Å²) in [6, 6.07) is 11.5. The van der Waals surface area contributed by atoms with Crippen LogP contribution in [0.1, 0.15) is 25.7 Å². The van der Waals surface area contributed by atoms with Crippen LogP contribution in [0.2, 0.25) is 0 Å². The van der Waals surface area contributed by atoms with Crippen LogP contribution >= 0.6 is 0 Å². The summed E-state index contributed by atoms with van der Waals surface area (Å²) in [7, 11) is 1.95. The molecule has 5 heterocycles. The molecule has 30 heavy (non-hydrogen) atoms. The second-order valence-corrected chi connectivity index (χ2v) is 8.41. The first-order chi connectivity index (χ1) is 14.7. The number of piperidine rings is 1. The Balaban J connectivity index is 1.39. The average Bonchev–Trinajstić information content (AvgIpc) is 3.48. The molecule has 4 aromatic rings. The number of benzene rings is 1. The van der Waals surface area contributed by atoms with Gasteiger partial charge < -0.3 is 10.6 Å². The first kappa shape index (κ1) is 17.6. The number of aryl methyl sites for hydroxylation is 1. The molecule has 2 fully saturated rings. The van der Waals surface area contributed by atoms with Crippen molar-refractivity contribution in [2.24, 2.45) is 12.8 Å². The van der Waals surface area contributed by atoms with Crippen molar-refractivity contribution < 1.29 is 0 Å². The van der Waals surface area contributed by atoms with E-state index in [-0.39, 0.29) is 0 Å². The molecule has 2 aliphatic rings. The lowest BCUT2D eigenvalue weighted by atomic mass is 9.98. The van der Waals surface area contributed by atoms with E-state index >= 15 is 0 Å². The summed E-state index contributed by atoms with van der Waals surface area (Å²) < 4.78 is 3.75. The fourth-order valence-corrected chi connectivity index (χ4v) is 5.29. The Morgan fingerprint density at radius 2 is 1.83 bits per heavy atom. The summed E-state index contributed by atoms with van der Waals surface area (Å²) in [5.41, 5.74) is 10.1. The Morgan fingerprint density at radius 3 is 2.53 bits per heavy atom. The van der Waals surface area contributed by atoms with Gasteiger partial charge in [-0.05, 0) is 56.0 Å². The summed E-state index contributed by atoms with van der Waals surface area (Å²) in [5.74, 6) is 0.965. The summed E-state index contributed by atoms with van der Waals surface area (Å²) >= 11 is 0. The Bertz CT molecular complexity index is 1180. The molecule has 2 aliphatic heterocycles. The number of hydrogen-bond donors (Lipinski definition) is 1. The van der Waals surface area contributed by atoms with Crippen molar-refractivity contribution in [3.8, 4) is 16.9 Å². The number of rotatable bonds is 3. The molecule has 0 spiro atoms. The minimum Gasteiger partial charge on any atom is -0.349 e. The number of hydrogen-bond acceptors (Lipinski definition) is 6. The van der Waals surface area contributed by atoms with Crippen molar-refractivity contribution in [2.45, 2.75) is 43.8 Å².